The van der Waals surface area contributed by atoms with Gasteiger partial charge < -0.3 is 14.8 Å². The van der Waals surface area contributed by atoms with Gasteiger partial charge in [0.05, 0.1) is 30.7 Å². The Morgan fingerprint density at radius 1 is 1.33 bits per heavy atom. The lowest BCUT2D eigenvalue weighted by molar-refractivity contribution is 0.102. The summed E-state index contributed by atoms with van der Waals surface area (Å²) in [5.74, 6) is 0.273. The third-order valence-electron chi connectivity index (χ3n) is 3.09. The maximum Gasteiger partial charge on any atom is 0.257 e. The number of nitrogens with one attached hydrogen (secondary N) is 1. The summed E-state index contributed by atoms with van der Waals surface area (Å²) in [6.07, 6.45) is 5.65. The molecule has 1 saturated heterocycles. The minimum absolute atomic E-state index is 0.0487. The number of hydrogen-bond donors (Lipinski definition) is 1. The van der Waals surface area contributed by atoms with Gasteiger partial charge >= 0.3 is 0 Å². The summed E-state index contributed by atoms with van der Waals surface area (Å²) in [6, 6.07) is 6.91. The molecule has 1 N–H and O–H groups in total. The van der Waals surface area contributed by atoms with Crippen LogP contribution in [0.3, 0.4) is 0 Å². The third kappa shape index (κ3) is 3.55. The number of nitrogens with zero attached hydrogens (tertiary/aromatic N) is 2. The summed E-state index contributed by atoms with van der Waals surface area (Å²) >= 11 is 0. The molecule has 108 valence electrons. The van der Waals surface area contributed by atoms with Gasteiger partial charge in [-0.3, -0.25) is 9.78 Å². The largest absolute Gasteiger partial charge is 0.472 e. The average molecular weight is 285 g/mol. The molecule has 1 aliphatic rings. The molecule has 0 bridgehead atoms. The maximum absolute atomic E-state index is 12.0. The Hall–Kier alpha value is -2.47. The van der Waals surface area contributed by atoms with Crippen LogP contribution >= 0.6 is 0 Å². The molecular weight excluding hydrogens is 270 g/mol. The van der Waals surface area contributed by atoms with E-state index in [1.165, 1.54) is 6.20 Å². The van der Waals surface area contributed by atoms with Crippen molar-refractivity contribution in [2.45, 2.75) is 12.5 Å². The molecule has 1 atom stereocenters. The highest BCUT2D eigenvalue weighted by atomic mass is 16.5. The summed E-state index contributed by atoms with van der Waals surface area (Å²) in [7, 11) is 0. The SMILES string of the molecule is O=C(Nc1cccnc1)c1ccc(O[C@H]2CCOC2)nc1. The zero-order valence-corrected chi connectivity index (χ0v) is 11.4. The zero-order valence-electron chi connectivity index (χ0n) is 11.4. The van der Waals surface area contributed by atoms with Gasteiger partial charge in [0.25, 0.3) is 5.91 Å². The van der Waals surface area contributed by atoms with Crippen molar-refractivity contribution in [1.82, 2.24) is 9.97 Å². The fraction of sp³-hybridized carbons (Fsp3) is 0.267. The molecule has 0 aromatic carbocycles. The summed E-state index contributed by atoms with van der Waals surface area (Å²) in [4.78, 5) is 20.1. The molecular formula is C15H15N3O3. The summed E-state index contributed by atoms with van der Waals surface area (Å²) in [6.45, 7) is 1.31. The summed E-state index contributed by atoms with van der Waals surface area (Å²) in [5, 5.41) is 2.75. The van der Waals surface area contributed by atoms with Gasteiger partial charge in [-0.1, -0.05) is 0 Å². The number of carbonyl (C=O) groups excluding carboxylic acids is 1. The molecule has 3 heterocycles. The number of pyridine rings is 2. The second-order valence-corrected chi connectivity index (χ2v) is 4.68. The highest BCUT2D eigenvalue weighted by Gasteiger charge is 2.17. The van der Waals surface area contributed by atoms with E-state index in [1.807, 2.05) is 0 Å². The zero-order chi connectivity index (χ0) is 14.5. The molecule has 1 fully saturated rings. The first-order valence-corrected chi connectivity index (χ1v) is 6.73. The molecule has 0 saturated carbocycles. The van der Waals surface area contributed by atoms with Crippen LogP contribution in [-0.4, -0.2) is 35.2 Å². The molecule has 2 aromatic heterocycles. The first-order chi connectivity index (χ1) is 10.3. The van der Waals surface area contributed by atoms with E-state index in [0.717, 1.165) is 13.0 Å². The minimum atomic E-state index is -0.230. The van der Waals surface area contributed by atoms with E-state index in [-0.39, 0.29) is 12.0 Å². The quantitative estimate of drug-likeness (QED) is 0.928. The molecule has 6 nitrogen and oxygen atoms in total. The predicted molar refractivity (Wildman–Crippen MR) is 76.3 cm³/mol. The molecule has 1 amide bonds. The molecule has 0 aliphatic carbocycles. The Morgan fingerprint density at radius 3 is 2.95 bits per heavy atom. The van der Waals surface area contributed by atoms with Gasteiger partial charge in [-0.15, -0.1) is 0 Å². The number of ether oxygens (including phenoxy) is 2. The lowest BCUT2D eigenvalue weighted by Gasteiger charge is -2.11. The van der Waals surface area contributed by atoms with Crippen LogP contribution in [0.25, 0.3) is 0 Å². The van der Waals surface area contributed by atoms with Crippen LogP contribution in [0.4, 0.5) is 5.69 Å². The normalized spacial score (nSPS) is 17.4. The molecule has 21 heavy (non-hydrogen) atoms. The topological polar surface area (TPSA) is 73.3 Å². The number of hydrogen-bond acceptors (Lipinski definition) is 5. The average Bonchev–Trinajstić information content (AvgIpc) is 3.02. The molecule has 6 heteroatoms. The van der Waals surface area contributed by atoms with Gasteiger partial charge in [-0.05, 0) is 18.2 Å². The van der Waals surface area contributed by atoms with Crippen LogP contribution < -0.4 is 10.1 Å². The number of amides is 1. The number of carbonyl (C=O) groups is 1. The number of rotatable bonds is 4. The van der Waals surface area contributed by atoms with Crippen molar-refractivity contribution in [1.29, 1.82) is 0 Å². The van der Waals surface area contributed by atoms with Gasteiger partial charge in [0.15, 0.2) is 0 Å². The Balaban J connectivity index is 1.62. The molecule has 2 aromatic rings. The van der Waals surface area contributed by atoms with Crippen LogP contribution in [-0.2, 0) is 4.74 Å². The maximum atomic E-state index is 12.0. The van der Waals surface area contributed by atoms with Gasteiger partial charge in [-0.2, -0.15) is 0 Å². The number of aromatic nitrogens is 2. The van der Waals surface area contributed by atoms with Crippen LogP contribution in [0.5, 0.6) is 5.88 Å². The summed E-state index contributed by atoms with van der Waals surface area (Å²) < 4.78 is 10.9. The van der Waals surface area contributed by atoms with Crippen molar-refractivity contribution in [3.63, 3.8) is 0 Å². The van der Waals surface area contributed by atoms with E-state index in [1.54, 1.807) is 36.7 Å². The molecule has 3 rings (SSSR count). The highest BCUT2D eigenvalue weighted by Crippen LogP contribution is 2.15. The van der Waals surface area contributed by atoms with Crippen LogP contribution in [0.1, 0.15) is 16.8 Å². The van der Waals surface area contributed by atoms with Crippen LogP contribution in [0, 0.1) is 0 Å². The molecule has 0 spiro atoms. The fourth-order valence-electron chi connectivity index (χ4n) is 2.00. The predicted octanol–water partition coefficient (Wildman–Crippen LogP) is 1.90. The standard InChI is InChI=1S/C15H15N3O3/c19-15(18-12-2-1-6-16-9-12)11-3-4-14(17-8-11)21-13-5-7-20-10-13/h1-4,6,8-9,13H,5,7,10H2,(H,18,19)/t13-/m0/s1. The summed E-state index contributed by atoms with van der Waals surface area (Å²) in [5.41, 5.74) is 1.11. The Bertz CT molecular complexity index is 595. The van der Waals surface area contributed by atoms with Crippen molar-refractivity contribution < 1.29 is 14.3 Å². The Morgan fingerprint density at radius 2 is 2.29 bits per heavy atom. The van der Waals surface area contributed by atoms with Gasteiger partial charge in [0.2, 0.25) is 5.88 Å². The lowest BCUT2D eigenvalue weighted by atomic mass is 10.2. The van der Waals surface area contributed by atoms with Crippen LogP contribution in [0.15, 0.2) is 42.9 Å². The van der Waals surface area contributed by atoms with E-state index >= 15 is 0 Å². The van der Waals surface area contributed by atoms with Crippen molar-refractivity contribution in [3.05, 3.63) is 48.4 Å². The van der Waals surface area contributed by atoms with Gasteiger partial charge in [0, 0.05) is 24.9 Å². The first kappa shape index (κ1) is 13.5. The smallest absolute Gasteiger partial charge is 0.257 e. The van der Waals surface area contributed by atoms with Crippen molar-refractivity contribution in [2.24, 2.45) is 0 Å². The minimum Gasteiger partial charge on any atom is -0.472 e. The van der Waals surface area contributed by atoms with Crippen molar-refractivity contribution >= 4 is 11.6 Å². The van der Waals surface area contributed by atoms with E-state index in [2.05, 4.69) is 15.3 Å². The second-order valence-electron chi connectivity index (χ2n) is 4.68. The van der Waals surface area contributed by atoms with Crippen molar-refractivity contribution in [3.8, 4) is 5.88 Å². The Kier molecular flexibility index (Phi) is 4.07. The van der Waals surface area contributed by atoms with E-state index in [0.29, 0.717) is 23.7 Å². The Labute approximate surface area is 122 Å². The van der Waals surface area contributed by atoms with Crippen molar-refractivity contribution in [2.75, 3.05) is 18.5 Å². The van der Waals surface area contributed by atoms with E-state index in [4.69, 9.17) is 9.47 Å². The fourth-order valence-corrected chi connectivity index (χ4v) is 2.00. The van der Waals surface area contributed by atoms with Crippen LogP contribution in [0.2, 0.25) is 0 Å². The highest BCUT2D eigenvalue weighted by molar-refractivity contribution is 6.03. The van der Waals surface area contributed by atoms with Gasteiger partial charge in [0.1, 0.15) is 6.10 Å². The number of anilines is 1. The molecule has 0 radical (unpaired) electrons. The van der Waals surface area contributed by atoms with Gasteiger partial charge in [-0.25, -0.2) is 4.98 Å². The first-order valence-electron chi connectivity index (χ1n) is 6.73. The monoisotopic (exact) mass is 285 g/mol. The molecule has 1 aliphatic heterocycles. The second kappa shape index (κ2) is 6.32. The third-order valence-corrected chi connectivity index (χ3v) is 3.09. The molecule has 0 unspecified atom stereocenters. The lowest BCUT2D eigenvalue weighted by Crippen LogP contribution is -2.17. The van der Waals surface area contributed by atoms with E-state index in [9.17, 15) is 4.79 Å². The van der Waals surface area contributed by atoms with E-state index < -0.39 is 0 Å².